The number of carbonyl (C=O) groups excluding carboxylic acids is 1. The molecule has 0 spiro atoms. The van der Waals surface area contributed by atoms with Gasteiger partial charge in [0.15, 0.2) is 17.3 Å². The third-order valence-corrected chi connectivity index (χ3v) is 5.33. The summed E-state index contributed by atoms with van der Waals surface area (Å²) in [5.74, 6) is 0.802. The van der Waals surface area contributed by atoms with Crippen molar-refractivity contribution in [2.45, 2.75) is 45.4 Å². The van der Waals surface area contributed by atoms with Gasteiger partial charge < -0.3 is 14.7 Å². The number of likely N-dealkylation sites (N-methyl/N-ethyl adjacent to an activating group) is 1. The number of β-amino-alcohol motifs (C(OH)–C–C–N with tert-alkyl or cyclic N) is 1. The number of rotatable bonds is 7. The minimum atomic E-state index is -0.903. The Morgan fingerprint density at radius 3 is 2.85 bits per heavy atom. The van der Waals surface area contributed by atoms with E-state index in [0.29, 0.717) is 10.1 Å². The van der Waals surface area contributed by atoms with Gasteiger partial charge in [0.25, 0.3) is 0 Å². The molecule has 8 heteroatoms. The molecule has 0 bridgehead atoms. The molecule has 0 radical (unpaired) electrons. The Hall–Kier alpha value is -2.19. The number of aliphatic hydroxyl groups excluding tert-OH is 1. The molecule has 0 aliphatic carbocycles. The first-order valence-electron chi connectivity index (χ1n) is 8.84. The molecule has 7 nitrogen and oxygen atoms in total. The Kier molecular flexibility index (Phi) is 5.73. The first kappa shape index (κ1) is 18.6. The first-order chi connectivity index (χ1) is 12.5. The zero-order valence-electron chi connectivity index (χ0n) is 15.3. The zero-order valence-corrected chi connectivity index (χ0v) is 16.1. The Morgan fingerprint density at radius 1 is 1.38 bits per heavy atom. The molecule has 2 aromatic rings. The largest absolute Gasteiger partial charge is 0.483 e. The number of aliphatic hydroxyl groups is 1. The van der Waals surface area contributed by atoms with Crippen LogP contribution in [0, 0.1) is 0 Å². The minimum absolute atomic E-state index is 0.231. The molecule has 3 rings (SSSR count). The van der Waals surface area contributed by atoms with Gasteiger partial charge in [0.2, 0.25) is 5.13 Å². The van der Waals surface area contributed by atoms with Crippen molar-refractivity contribution in [1.82, 2.24) is 15.1 Å². The lowest BCUT2D eigenvalue weighted by atomic mass is 10.1. The lowest BCUT2D eigenvalue weighted by Crippen LogP contribution is -2.34. The van der Waals surface area contributed by atoms with E-state index in [1.165, 1.54) is 26.7 Å². The molecule has 26 heavy (non-hydrogen) atoms. The summed E-state index contributed by atoms with van der Waals surface area (Å²) in [5, 5.41) is 19.6. The zero-order chi connectivity index (χ0) is 18.7. The quantitative estimate of drug-likeness (QED) is 0.803. The van der Waals surface area contributed by atoms with Gasteiger partial charge in [-0.25, -0.2) is 9.69 Å². The standard InChI is InChI=1S/C18H24N4O3S/c1-4-7-14(25-13-9-6-8-12(5-2)10-13)16-19-20-17(26-16)22-15(23)11-21(3)18(22)24/h6,8-10,14-15,23H,4-5,7,11H2,1-3H3. The molecule has 2 amide bonds. The van der Waals surface area contributed by atoms with Crippen LogP contribution in [0.3, 0.4) is 0 Å². The monoisotopic (exact) mass is 376 g/mol. The molecule has 1 aromatic heterocycles. The van der Waals surface area contributed by atoms with Crippen LogP contribution in [0.15, 0.2) is 24.3 Å². The maximum atomic E-state index is 12.2. The number of ether oxygens (including phenoxy) is 1. The molecule has 1 N–H and O–H groups in total. The summed E-state index contributed by atoms with van der Waals surface area (Å²) in [6.45, 7) is 4.45. The highest BCUT2D eigenvalue weighted by Gasteiger charge is 2.37. The number of hydrogen-bond acceptors (Lipinski definition) is 6. The maximum absolute atomic E-state index is 12.2. The van der Waals surface area contributed by atoms with Crippen molar-refractivity contribution >= 4 is 22.5 Å². The average molecular weight is 376 g/mol. The summed E-state index contributed by atoms with van der Waals surface area (Å²) < 4.78 is 6.17. The third kappa shape index (κ3) is 3.81. The summed E-state index contributed by atoms with van der Waals surface area (Å²) >= 11 is 1.29. The van der Waals surface area contributed by atoms with Gasteiger partial charge in [0.05, 0.1) is 6.54 Å². The molecule has 2 atom stereocenters. The second-order valence-electron chi connectivity index (χ2n) is 6.33. The van der Waals surface area contributed by atoms with Crippen LogP contribution in [0.2, 0.25) is 0 Å². The van der Waals surface area contributed by atoms with Crippen molar-refractivity contribution in [1.29, 1.82) is 0 Å². The summed E-state index contributed by atoms with van der Waals surface area (Å²) in [5.41, 5.74) is 1.21. The van der Waals surface area contributed by atoms with E-state index in [-0.39, 0.29) is 18.7 Å². The van der Waals surface area contributed by atoms with Gasteiger partial charge in [0, 0.05) is 7.05 Å². The number of urea groups is 1. The summed E-state index contributed by atoms with van der Waals surface area (Å²) in [6, 6.07) is 7.75. The van der Waals surface area contributed by atoms with Crippen molar-refractivity contribution in [3.63, 3.8) is 0 Å². The number of aromatic nitrogens is 2. The van der Waals surface area contributed by atoms with E-state index in [2.05, 4.69) is 30.1 Å². The van der Waals surface area contributed by atoms with Gasteiger partial charge in [-0.3, -0.25) is 0 Å². The Bertz CT molecular complexity index is 766. The van der Waals surface area contributed by atoms with Gasteiger partial charge in [-0.1, -0.05) is 43.7 Å². The topological polar surface area (TPSA) is 78.8 Å². The number of aryl methyl sites for hydroxylation is 1. The van der Waals surface area contributed by atoms with Crippen LogP contribution in [-0.4, -0.2) is 46.1 Å². The number of benzene rings is 1. The van der Waals surface area contributed by atoms with E-state index < -0.39 is 6.23 Å². The second kappa shape index (κ2) is 8.01. The first-order valence-corrected chi connectivity index (χ1v) is 9.66. The molecule has 1 aliphatic rings. The summed E-state index contributed by atoms with van der Waals surface area (Å²) in [6.07, 6.45) is 1.54. The number of amides is 2. The molecule has 1 aromatic carbocycles. The molecule has 2 unspecified atom stereocenters. The van der Waals surface area contributed by atoms with Crippen molar-refractivity contribution in [2.24, 2.45) is 0 Å². The van der Waals surface area contributed by atoms with Crippen molar-refractivity contribution in [2.75, 3.05) is 18.5 Å². The lowest BCUT2D eigenvalue weighted by molar-refractivity contribution is 0.183. The Labute approximate surface area is 157 Å². The van der Waals surface area contributed by atoms with Crippen LogP contribution >= 0.6 is 11.3 Å². The van der Waals surface area contributed by atoms with E-state index in [1.54, 1.807) is 7.05 Å². The van der Waals surface area contributed by atoms with Crippen molar-refractivity contribution in [3.05, 3.63) is 34.8 Å². The highest BCUT2D eigenvalue weighted by atomic mass is 32.1. The molecule has 0 saturated carbocycles. The van der Waals surface area contributed by atoms with Crippen LogP contribution in [-0.2, 0) is 6.42 Å². The average Bonchev–Trinajstić information content (AvgIpc) is 3.19. The number of hydrogen-bond donors (Lipinski definition) is 1. The molecule has 1 saturated heterocycles. The van der Waals surface area contributed by atoms with Gasteiger partial charge in [0.1, 0.15) is 5.75 Å². The fraction of sp³-hybridized carbons (Fsp3) is 0.500. The molecular formula is C18H24N4O3S. The van der Waals surface area contributed by atoms with Crippen molar-refractivity contribution in [3.8, 4) is 5.75 Å². The van der Waals surface area contributed by atoms with E-state index in [9.17, 15) is 9.90 Å². The van der Waals surface area contributed by atoms with Gasteiger partial charge >= 0.3 is 6.03 Å². The normalized spacial score (nSPS) is 18.5. The Balaban J connectivity index is 1.80. The smallest absolute Gasteiger partial charge is 0.328 e. The highest BCUT2D eigenvalue weighted by Crippen LogP contribution is 2.33. The molecule has 2 heterocycles. The predicted molar refractivity (Wildman–Crippen MR) is 101 cm³/mol. The molecule has 1 fully saturated rings. The van der Waals surface area contributed by atoms with E-state index >= 15 is 0 Å². The molecule has 1 aliphatic heterocycles. The number of anilines is 1. The van der Waals surface area contributed by atoms with E-state index in [0.717, 1.165) is 25.0 Å². The Morgan fingerprint density at radius 2 is 2.19 bits per heavy atom. The van der Waals surface area contributed by atoms with Crippen LogP contribution in [0.4, 0.5) is 9.93 Å². The number of carbonyl (C=O) groups is 1. The SMILES string of the molecule is CCCC(Oc1cccc(CC)c1)c1nnc(N2C(=O)N(C)CC2O)s1. The highest BCUT2D eigenvalue weighted by molar-refractivity contribution is 7.15. The van der Waals surface area contributed by atoms with Crippen LogP contribution in [0.5, 0.6) is 5.75 Å². The van der Waals surface area contributed by atoms with Gasteiger partial charge in [-0.05, 0) is 30.5 Å². The third-order valence-electron chi connectivity index (χ3n) is 4.32. The van der Waals surface area contributed by atoms with E-state index in [1.807, 2.05) is 18.2 Å². The van der Waals surface area contributed by atoms with Gasteiger partial charge in [-0.2, -0.15) is 0 Å². The summed E-state index contributed by atoms with van der Waals surface area (Å²) in [4.78, 5) is 14.9. The van der Waals surface area contributed by atoms with Crippen molar-refractivity contribution < 1.29 is 14.6 Å². The van der Waals surface area contributed by atoms with Crippen LogP contribution in [0.1, 0.15) is 43.4 Å². The van der Waals surface area contributed by atoms with Gasteiger partial charge in [-0.15, -0.1) is 10.2 Å². The molecular weight excluding hydrogens is 352 g/mol. The van der Waals surface area contributed by atoms with Crippen LogP contribution in [0.25, 0.3) is 0 Å². The lowest BCUT2D eigenvalue weighted by Gasteiger charge is -2.17. The fourth-order valence-corrected chi connectivity index (χ4v) is 3.82. The van der Waals surface area contributed by atoms with Crippen LogP contribution < -0.4 is 9.64 Å². The molecule has 140 valence electrons. The second-order valence-corrected chi connectivity index (χ2v) is 7.32. The van der Waals surface area contributed by atoms with E-state index in [4.69, 9.17) is 4.74 Å². The number of nitrogens with zero attached hydrogens (tertiary/aromatic N) is 4. The maximum Gasteiger partial charge on any atom is 0.328 e. The predicted octanol–water partition coefficient (Wildman–Crippen LogP) is 3.21. The fourth-order valence-electron chi connectivity index (χ4n) is 2.88. The minimum Gasteiger partial charge on any atom is -0.483 e. The summed E-state index contributed by atoms with van der Waals surface area (Å²) in [7, 11) is 1.65.